The van der Waals surface area contributed by atoms with Gasteiger partial charge in [-0.25, -0.2) is 9.48 Å². The van der Waals surface area contributed by atoms with Crippen LogP contribution < -0.4 is 14.4 Å². The van der Waals surface area contributed by atoms with Gasteiger partial charge < -0.3 is 14.6 Å². The monoisotopic (exact) mass is 445 g/mol. The molecule has 0 unspecified atom stereocenters. The number of rotatable bonds is 4. The van der Waals surface area contributed by atoms with Crippen molar-refractivity contribution in [3.8, 4) is 11.5 Å². The van der Waals surface area contributed by atoms with E-state index in [9.17, 15) is 5.11 Å². The van der Waals surface area contributed by atoms with Gasteiger partial charge in [0.25, 0.3) is 11.6 Å². The average molecular weight is 446 g/mol. The zero-order chi connectivity index (χ0) is 19.7. The van der Waals surface area contributed by atoms with Gasteiger partial charge in [0.2, 0.25) is 0 Å². The Hall–Kier alpha value is -2.05. The Morgan fingerprint density at radius 2 is 1.82 bits per heavy atom. The lowest BCUT2D eigenvalue weighted by molar-refractivity contribution is -0.658. The third-order valence-corrected chi connectivity index (χ3v) is 6.24. The van der Waals surface area contributed by atoms with Crippen molar-refractivity contribution in [2.75, 3.05) is 32.2 Å². The van der Waals surface area contributed by atoms with E-state index in [1.165, 1.54) is 6.42 Å². The highest BCUT2D eigenvalue weighted by atomic mass is 79.9. The van der Waals surface area contributed by atoms with E-state index in [1.807, 2.05) is 42.5 Å². The number of hydrogen-bond donors (Lipinski definition) is 1. The summed E-state index contributed by atoms with van der Waals surface area (Å²) in [6.45, 7) is 1.29. The van der Waals surface area contributed by atoms with Crippen molar-refractivity contribution < 1.29 is 19.2 Å². The maximum absolute atomic E-state index is 11.9. The molecule has 0 aliphatic carbocycles. The normalized spacial score (nSPS) is 22.1. The Morgan fingerprint density at radius 1 is 1.04 bits per heavy atom. The quantitative estimate of drug-likeness (QED) is 0.718. The van der Waals surface area contributed by atoms with E-state index in [-0.39, 0.29) is 0 Å². The van der Waals surface area contributed by atoms with E-state index in [2.05, 4.69) is 25.4 Å². The van der Waals surface area contributed by atoms with Crippen LogP contribution in [0.25, 0.3) is 0 Å². The van der Waals surface area contributed by atoms with E-state index in [0.29, 0.717) is 6.54 Å². The van der Waals surface area contributed by atoms with Crippen LogP contribution in [0.3, 0.4) is 0 Å². The van der Waals surface area contributed by atoms with Crippen LogP contribution in [0.5, 0.6) is 11.5 Å². The van der Waals surface area contributed by atoms with E-state index >= 15 is 0 Å². The highest BCUT2D eigenvalue weighted by Gasteiger charge is 2.52. The van der Waals surface area contributed by atoms with E-state index in [4.69, 9.17) is 9.47 Å². The molecule has 1 N–H and O–H groups in total. The van der Waals surface area contributed by atoms with Gasteiger partial charge in [-0.15, -0.1) is 0 Å². The molecule has 4 rings (SSSR count). The van der Waals surface area contributed by atoms with Crippen LogP contribution in [-0.4, -0.2) is 42.8 Å². The smallest absolute Gasteiger partial charge is 0.271 e. The molecule has 0 bridgehead atoms. The average Bonchev–Trinajstić information content (AvgIpc) is 2.87. The van der Waals surface area contributed by atoms with Crippen molar-refractivity contribution in [1.29, 1.82) is 0 Å². The van der Waals surface area contributed by atoms with Gasteiger partial charge in [0.1, 0.15) is 5.75 Å². The van der Waals surface area contributed by atoms with Crippen molar-refractivity contribution in [2.45, 2.75) is 31.4 Å². The highest BCUT2D eigenvalue weighted by Crippen LogP contribution is 2.40. The molecule has 0 amide bonds. The largest absolute Gasteiger partial charge is 0.497 e. The summed E-state index contributed by atoms with van der Waals surface area (Å²) < 4.78 is 14.3. The van der Waals surface area contributed by atoms with E-state index in [0.717, 1.165) is 58.9 Å². The fraction of sp³-hybridized carbons (Fsp3) is 0.409. The maximum atomic E-state index is 11.9. The summed E-state index contributed by atoms with van der Waals surface area (Å²) in [5.41, 5.74) is 0.755. The SMILES string of the molecule is COc1ccc(OC)c(N2C[C@@](O)(c3ccc(Br)cc3)[N+]3=C2CCCCC3)c1. The first kappa shape index (κ1) is 19.3. The lowest BCUT2D eigenvalue weighted by Gasteiger charge is -2.24. The molecule has 2 aromatic carbocycles. The number of anilines is 1. The number of benzene rings is 2. The third kappa shape index (κ3) is 3.29. The molecule has 5 nitrogen and oxygen atoms in total. The second kappa shape index (κ2) is 7.76. The summed E-state index contributed by atoms with van der Waals surface area (Å²) >= 11 is 3.50. The molecular weight excluding hydrogens is 420 g/mol. The molecular formula is C22H26BrN2O3+. The fourth-order valence-corrected chi connectivity index (χ4v) is 4.53. The van der Waals surface area contributed by atoms with Crippen molar-refractivity contribution in [1.82, 2.24) is 0 Å². The second-order valence-corrected chi connectivity index (χ2v) is 8.24. The summed E-state index contributed by atoms with van der Waals surface area (Å²) in [6, 6.07) is 13.8. The zero-order valence-electron chi connectivity index (χ0n) is 16.3. The van der Waals surface area contributed by atoms with E-state index < -0.39 is 5.72 Å². The fourth-order valence-electron chi connectivity index (χ4n) is 4.27. The summed E-state index contributed by atoms with van der Waals surface area (Å²) in [6.07, 6.45) is 4.29. The molecule has 0 saturated carbocycles. The molecule has 6 heteroatoms. The third-order valence-electron chi connectivity index (χ3n) is 5.71. The number of methoxy groups -OCH3 is 2. The van der Waals surface area contributed by atoms with Crippen LogP contribution in [0.1, 0.15) is 31.2 Å². The van der Waals surface area contributed by atoms with Crippen LogP contribution >= 0.6 is 15.9 Å². The predicted octanol–water partition coefficient (Wildman–Crippen LogP) is 4.12. The Bertz CT molecular complexity index is 897. The lowest BCUT2D eigenvalue weighted by Crippen LogP contribution is -2.41. The lowest BCUT2D eigenvalue weighted by atomic mass is 10.0. The van der Waals surface area contributed by atoms with Crippen LogP contribution in [-0.2, 0) is 5.72 Å². The summed E-state index contributed by atoms with van der Waals surface area (Å²) in [4.78, 5) is 2.20. The molecule has 2 aliphatic heterocycles. The zero-order valence-corrected chi connectivity index (χ0v) is 17.9. The molecule has 2 aliphatic rings. The molecule has 2 heterocycles. The van der Waals surface area contributed by atoms with Gasteiger partial charge in [0, 0.05) is 22.5 Å². The number of amidine groups is 1. The van der Waals surface area contributed by atoms with Crippen molar-refractivity contribution in [3.63, 3.8) is 0 Å². The van der Waals surface area contributed by atoms with Crippen LogP contribution in [0.4, 0.5) is 5.69 Å². The van der Waals surface area contributed by atoms with Gasteiger partial charge >= 0.3 is 0 Å². The Morgan fingerprint density at radius 3 is 2.54 bits per heavy atom. The van der Waals surface area contributed by atoms with E-state index in [1.54, 1.807) is 14.2 Å². The van der Waals surface area contributed by atoms with Gasteiger partial charge in [0.15, 0.2) is 18.0 Å². The number of halogens is 1. The maximum Gasteiger partial charge on any atom is 0.271 e. The predicted molar refractivity (Wildman–Crippen MR) is 114 cm³/mol. The molecule has 148 valence electrons. The van der Waals surface area contributed by atoms with Crippen molar-refractivity contribution in [2.24, 2.45) is 0 Å². The van der Waals surface area contributed by atoms with Crippen molar-refractivity contribution in [3.05, 3.63) is 52.5 Å². The molecule has 0 radical (unpaired) electrons. The number of hydrogen-bond acceptors (Lipinski definition) is 4. The van der Waals surface area contributed by atoms with Crippen LogP contribution in [0.15, 0.2) is 46.9 Å². The second-order valence-electron chi connectivity index (χ2n) is 7.33. The Labute approximate surface area is 174 Å². The number of aliphatic hydroxyl groups is 1. The summed E-state index contributed by atoms with van der Waals surface area (Å²) in [7, 11) is 3.34. The van der Waals surface area contributed by atoms with Crippen LogP contribution in [0, 0.1) is 0 Å². The first-order valence-electron chi connectivity index (χ1n) is 9.68. The number of nitrogens with zero attached hydrogens (tertiary/aromatic N) is 2. The topological polar surface area (TPSA) is 44.9 Å². The van der Waals surface area contributed by atoms with Gasteiger partial charge in [-0.05, 0) is 43.5 Å². The molecule has 1 atom stereocenters. The molecule has 0 aromatic heterocycles. The number of β-amino-alcohol motifs (C(OH)–C–C–N with tert-alkyl or cyclic N) is 1. The first-order chi connectivity index (χ1) is 13.6. The highest BCUT2D eigenvalue weighted by molar-refractivity contribution is 9.10. The number of ether oxygens (including phenoxy) is 2. The van der Waals surface area contributed by atoms with Gasteiger partial charge in [0.05, 0.1) is 20.8 Å². The summed E-state index contributed by atoms with van der Waals surface area (Å²) in [5, 5.41) is 11.9. The van der Waals surface area contributed by atoms with Crippen molar-refractivity contribution >= 4 is 27.5 Å². The standard InChI is InChI=1S/C22H26BrN2O3/c1-27-18-11-12-20(28-2)19(14-18)24-15-22(26,16-7-9-17(23)10-8-16)25-13-5-3-4-6-21(24)25/h7-12,14,26H,3-6,13,15H2,1-2H3/q+1/t22-/m1/s1. The molecule has 2 aromatic rings. The molecule has 0 saturated heterocycles. The minimum atomic E-state index is -1.07. The van der Waals surface area contributed by atoms with Gasteiger partial charge in [-0.1, -0.05) is 28.1 Å². The van der Waals surface area contributed by atoms with Crippen LogP contribution in [0.2, 0.25) is 0 Å². The molecule has 0 spiro atoms. The Balaban J connectivity index is 1.84. The first-order valence-corrected chi connectivity index (χ1v) is 10.5. The minimum absolute atomic E-state index is 0.452. The molecule has 28 heavy (non-hydrogen) atoms. The van der Waals surface area contributed by atoms with Gasteiger partial charge in [-0.3, -0.25) is 0 Å². The summed E-state index contributed by atoms with van der Waals surface area (Å²) in [5.74, 6) is 2.70. The Kier molecular flexibility index (Phi) is 5.34. The molecule has 0 fully saturated rings. The minimum Gasteiger partial charge on any atom is -0.497 e. The van der Waals surface area contributed by atoms with Gasteiger partial charge in [-0.2, -0.15) is 0 Å².